The zero-order chi connectivity index (χ0) is 17.7. The number of nitrogens with zero attached hydrogens (tertiary/aromatic N) is 2. The molecule has 2 nitrogen and oxygen atoms in total. The molecular weight excluding hydrogens is 316 g/mol. The fourth-order valence-electron chi connectivity index (χ4n) is 4.17. The van der Waals surface area contributed by atoms with Gasteiger partial charge in [-0.1, -0.05) is 74.5 Å². The molecule has 0 saturated heterocycles. The maximum absolute atomic E-state index is 4.59. The van der Waals surface area contributed by atoms with E-state index in [1.807, 2.05) is 18.5 Å². The summed E-state index contributed by atoms with van der Waals surface area (Å²) in [5.41, 5.74) is 7.78. The van der Waals surface area contributed by atoms with Crippen LogP contribution in [0.15, 0.2) is 85.2 Å². The maximum Gasteiger partial charge on any atom is 0.144 e. The quantitative estimate of drug-likeness (QED) is 0.449. The molecule has 0 aliphatic heterocycles. The lowest BCUT2D eigenvalue weighted by Gasteiger charge is -2.21. The summed E-state index contributed by atoms with van der Waals surface area (Å²) in [7, 11) is 0. The third-order valence-corrected chi connectivity index (χ3v) is 5.52. The standard InChI is InChI=1S/C24H20N2/c1-24(2)21-11-7-6-10-19(21)20-16-18(12-13-22(20)24)26-15-14-25-23(26)17-8-4-3-5-9-17/h3-16H,1-2H3. The number of hydrogen-bond acceptors (Lipinski definition) is 1. The van der Waals surface area contributed by atoms with Gasteiger partial charge in [-0.3, -0.25) is 4.57 Å². The van der Waals surface area contributed by atoms with E-state index in [1.165, 1.54) is 22.3 Å². The van der Waals surface area contributed by atoms with Crippen molar-refractivity contribution in [2.45, 2.75) is 19.3 Å². The Kier molecular flexibility index (Phi) is 3.17. The first-order valence-electron chi connectivity index (χ1n) is 9.00. The van der Waals surface area contributed by atoms with Gasteiger partial charge >= 0.3 is 0 Å². The molecule has 26 heavy (non-hydrogen) atoms. The molecule has 0 fully saturated rings. The number of rotatable bonds is 2. The minimum Gasteiger partial charge on any atom is -0.300 e. The van der Waals surface area contributed by atoms with Gasteiger partial charge in [-0.15, -0.1) is 0 Å². The normalized spacial score (nSPS) is 14.1. The van der Waals surface area contributed by atoms with E-state index in [0.29, 0.717) is 0 Å². The van der Waals surface area contributed by atoms with Crippen molar-refractivity contribution in [1.29, 1.82) is 0 Å². The van der Waals surface area contributed by atoms with Gasteiger partial charge in [0.2, 0.25) is 0 Å². The van der Waals surface area contributed by atoms with Gasteiger partial charge in [0.15, 0.2) is 0 Å². The molecule has 0 unspecified atom stereocenters. The molecule has 0 radical (unpaired) electrons. The van der Waals surface area contributed by atoms with Crippen molar-refractivity contribution in [3.63, 3.8) is 0 Å². The van der Waals surface area contributed by atoms with Crippen molar-refractivity contribution in [2.75, 3.05) is 0 Å². The molecule has 126 valence electrons. The summed E-state index contributed by atoms with van der Waals surface area (Å²) >= 11 is 0. The second-order valence-electron chi connectivity index (χ2n) is 7.39. The first-order chi connectivity index (χ1) is 12.7. The monoisotopic (exact) mass is 336 g/mol. The molecule has 2 heteroatoms. The molecule has 0 atom stereocenters. The van der Waals surface area contributed by atoms with E-state index in [2.05, 4.69) is 90.1 Å². The van der Waals surface area contributed by atoms with E-state index in [0.717, 1.165) is 17.1 Å². The van der Waals surface area contributed by atoms with Crippen molar-refractivity contribution >= 4 is 0 Å². The van der Waals surface area contributed by atoms with Crippen LogP contribution in [0.2, 0.25) is 0 Å². The summed E-state index contributed by atoms with van der Waals surface area (Å²) in [5, 5.41) is 0. The molecule has 0 N–H and O–H groups in total. The van der Waals surface area contributed by atoms with Crippen LogP contribution in [0.1, 0.15) is 25.0 Å². The number of aromatic nitrogens is 2. The Labute approximate surface area is 153 Å². The van der Waals surface area contributed by atoms with Crippen LogP contribution in [0.3, 0.4) is 0 Å². The van der Waals surface area contributed by atoms with Crippen LogP contribution >= 0.6 is 0 Å². The highest BCUT2D eigenvalue weighted by Crippen LogP contribution is 2.49. The van der Waals surface area contributed by atoms with Crippen molar-refractivity contribution in [2.24, 2.45) is 0 Å². The third kappa shape index (κ3) is 2.08. The summed E-state index contributed by atoms with van der Waals surface area (Å²) in [6, 6.07) is 25.9. The summed E-state index contributed by atoms with van der Waals surface area (Å²) < 4.78 is 2.17. The van der Waals surface area contributed by atoms with Crippen LogP contribution in [-0.4, -0.2) is 9.55 Å². The molecule has 1 aliphatic carbocycles. The van der Waals surface area contributed by atoms with E-state index in [1.54, 1.807) is 0 Å². The van der Waals surface area contributed by atoms with E-state index in [4.69, 9.17) is 0 Å². The van der Waals surface area contributed by atoms with Gasteiger partial charge in [-0.2, -0.15) is 0 Å². The first kappa shape index (κ1) is 15.2. The van der Waals surface area contributed by atoms with Crippen LogP contribution in [0.5, 0.6) is 0 Å². The summed E-state index contributed by atoms with van der Waals surface area (Å²) in [4.78, 5) is 4.59. The predicted octanol–water partition coefficient (Wildman–Crippen LogP) is 5.85. The highest BCUT2D eigenvalue weighted by Gasteiger charge is 2.35. The van der Waals surface area contributed by atoms with Crippen LogP contribution < -0.4 is 0 Å². The second kappa shape index (κ2) is 5.43. The van der Waals surface area contributed by atoms with Crippen molar-refractivity contribution in [3.8, 4) is 28.2 Å². The highest BCUT2D eigenvalue weighted by molar-refractivity contribution is 5.82. The number of fused-ring (bicyclic) bond motifs is 3. The number of benzene rings is 3. The molecule has 1 heterocycles. The van der Waals surface area contributed by atoms with Crippen molar-refractivity contribution in [1.82, 2.24) is 9.55 Å². The molecule has 0 spiro atoms. The molecule has 4 aromatic rings. The molecule has 1 aliphatic rings. The van der Waals surface area contributed by atoms with Crippen LogP contribution in [0, 0.1) is 0 Å². The lowest BCUT2D eigenvalue weighted by molar-refractivity contribution is 0.660. The Bertz CT molecular complexity index is 1100. The molecule has 1 aromatic heterocycles. The van der Waals surface area contributed by atoms with Gasteiger partial charge < -0.3 is 0 Å². The first-order valence-corrected chi connectivity index (χ1v) is 9.00. The van der Waals surface area contributed by atoms with E-state index in [-0.39, 0.29) is 5.41 Å². The lowest BCUT2D eigenvalue weighted by Crippen LogP contribution is -2.14. The molecule has 0 bridgehead atoms. The van der Waals surface area contributed by atoms with Crippen molar-refractivity contribution in [3.05, 3.63) is 96.3 Å². The highest BCUT2D eigenvalue weighted by atomic mass is 15.1. The predicted molar refractivity (Wildman–Crippen MR) is 107 cm³/mol. The molecule has 0 saturated carbocycles. The smallest absolute Gasteiger partial charge is 0.144 e. The molecule has 5 rings (SSSR count). The summed E-state index contributed by atoms with van der Waals surface area (Å²) in [6.45, 7) is 4.62. The maximum atomic E-state index is 4.59. The topological polar surface area (TPSA) is 17.8 Å². The van der Waals surface area contributed by atoms with Crippen LogP contribution in [0.25, 0.3) is 28.2 Å². The molecule has 3 aromatic carbocycles. The van der Waals surface area contributed by atoms with E-state index in [9.17, 15) is 0 Å². The lowest BCUT2D eigenvalue weighted by atomic mass is 9.82. The Balaban J connectivity index is 1.69. The SMILES string of the molecule is CC1(C)c2ccccc2-c2cc(-n3ccnc3-c3ccccc3)ccc21. The minimum absolute atomic E-state index is 0.0433. The summed E-state index contributed by atoms with van der Waals surface area (Å²) in [6.07, 6.45) is 3.91. The van der Waals surface area contributed by atoms with E-state index >= 15 is 0 Å². The van der Waals surface area contributed by atoms with Crippen LogP contribution in [-0.2, 0) is 5.41 Å². The van der Waals surface area contributed by atoms with Gasteiger partial charge in [0.1, 0.15) is 5.82 Å². The number of hydrogen-bond donors (Lipinski definition) is 0. The number of imidazole rings is 1. The molecule has 0 amide bonds. The Morgan fingerprint density at radius 2 is 1.50 bits per heavy atom. The zero-order valence-electron chi connectivity index (χ0n) is 15.0. The average molecular weight is 336 g/mol. The van der Waals surface area contributed by atoms with Crippen LogP contribution in [0.4, 0.5) is 0 Å². The van der Waals surface area contributed by atoms with Gasteiger partial charge in [0.25, 0.3) is 0 Å². The zero-order valence-corrected chi connectivity index (χ0v) is 15.0. The summed E-state index contributed by atoms with van der Waals surface area (Å²) in [5.74, 6) is 0.969. The fraction of sp³-hybridized carbons (Fsp3) is 0.125. The van der Waals surface area contributed by atoms with E-state index < -0.39 is 0 Å². The van der Waals surface area contributed by atoms with Gasteiger partial charge in [0.05, 0.1) is 0 Å². The minimum atomic E-state index is 0.0433. The second-order valence-corrected chi connectivity index (χ2v) is 7.39. The van der Waals surface area contributed by atoms with Gasteiger partial charge in [-0.25, -0.2) is 4.98 Å². The average Bonchev–Trinajstić information content (AvgIpc) is 3.25. The fourth-order valence-corrected chi connectivity index (χ4v) is 4.17. The largest absolute Gasteiger partial charge is 0.300 e. The van der Waals surface area contributed by atoms with Gasteiger partial charge in [0, 0.05) is 29.1 Å². The van der Waals surface area contributed by atoms with Crippen molar-refractivity contribution < 1.29 is 0 Å². The Morgan fingerprint density at radius 3 is 2.35 bits per heavy atom. The Hall–Kier alpha value is -3.13. The third-order valence-electron chi connectivity index (χ3n) is 5.52. The molecular formula is C24H20N2. The van der Waals surface area contributed by atoms with Gasteiger partial charge in [-0.05, 0) is 34.4 Å². The Morgan fingerprint density at radius 1 is 0.769 bits per heavy atom.